The van der Waals surface area contributed by atoms with Gasteiger partial charge in [-0.15, -0.1) is 0 Å². The van der Waals surface area contributed by atoms with Crippen LogP contribution in [-0.2, 0) is 28.6 Å². The summed E-state index contributed by atoms with van der Waals surface area (Å²) in [5.41, 5.74) is 0. The molecule has 302 valence electrons. The van der Waals surface area contributed by atoms with Crippen LogP contribution in [0.4, 0.5) is 0 Å². The van der Waals surface area contributed by atoms with E-state index >= 15 is 0 Å². The van der Waals surface area contributed by atoms with E-state index in [9.17, 15) is 14.4 Å². The Morgan fingerprint density at radius 3 is 1.37 bits per heavy atom. The van der Waals surface area contributed by atoms with Gasteiger partial charge in [0, 0.05) is 6.42 Å². The monoisotopic (exact) mass is 747 g/mol. The van der Waals surface area contributed by atoms with Crippen molar-refractivity contribution in [3.63, 3.8) is 0 Å². The fourth-order valence-electron chi connectivity index (χ4n) is 5.04. The first-order chi connectivity index (χ1) is 26.5. The predicted octanol–water partition coefficient (Wildman–Crippen LogP) is 13.2. The van der Waals surface area contributed by atoms with E-state index in [4.69, 9.17) is 14.2 Å². The molecule has 0 rings (SSSR count). The molecule has 0 fully saturated rings. The summed E-state index contributed by atoms with van der Waals surface area (Å²) >= 11 is 0. The summed E-state index contributed by atoms with van der Waals surface area (Å²) in [5.74, 6) is -1.24. The highest BCUT2D eigenvalue weighted by molar-refractivity contribution is 5.72. The first-order valence-electron chi connectivity index (χ1n) is 20.9. The highest BCUT2D eigenvalue weighted by Gasteiger charge is 2.19. The van der Waals surface area contributed by atoms with Crippen LogP contribution in [0, 0.1) is 0 Å². The van der Waals surface area contributed by atoms with E-state index in [2.05, 4.69) is 99.8 Å². The zero-order chi connectivity index (χ0) is 39.4. The number of esters is 3. The van der Waals surface area contributed by atoms with Gasteiger partial charge in [0.2, 0.25) is 0 Å². The van der Waals surface area contributed by atoms with Gasteiger partial charge in [0.25, 0.3) is 0 Å². The fraction of sp³-hybridized carbons (Fsp3) is 0.562. The van der Waals surface area contributed by atoms with Gasteiger partial charge in [-0.25, -0.2) is 0 Å². The second-order valence-electron chi connectivity index (χ2n) is 13.2. The minimum Gasteiger partial charge on any atom is -0.462 e. The Morgan fingerprint density at radius 2 is 0.852 bits per heavy atom. The van der Waals surface area contributed by atoms with Gasteiger partial charge in [0.15, 0.2) is 6.10 Å². The number of ether oxygens (including phenoxy) is 3. The summed E-state index contributed by atoms with van der Waals surface area (Å²) in [6, 6.07) is 0. The molecule has 0 spiro atoms. The Hall–Kier alpha value is -3.93. The van der Waals surface area contributed by atoms with Gasteiger partial charge in [0.05, 0.1) is 12.8 Å². The van der Waals surface area contributed by atoms with E-state index in [1.54, 1.807) is 12.2 Å². The highest BCUT2D eigenvalue weighted by atomic mass is 16.6. The second-order valence-corrected chi connectivity index (χ2v) is 13.2. The van der Waals surface area contributed by atoms with Crippen LogP contribution in [0.25, 0.3) is 0 Å². The molecule has 0 saturated carbocycles. The van der Waals surface area contributed by atoms with Crippen LogP contribution in [0.5, 0.6) is 0 Å². The maximum Gasteiger partial charge on any atom is 0.310 e. The normalized spacial score (nSPS) is 13.2. The van der Waals surface area contributed by atoms with E-state index in [0.29, 0.717) is 6.42 Å². The molecule has 0 bridgehead atoms. The van der Waals surface area contributed by atoms with Crippen LogP contribution < -0.4 is 0 Å². The summed E-state index contributed by atoms with van der Waals surface area (Å²) in [4.78, 5) is 37.4. The number of unbranched alkanes of at least 4 members (excludes halogenated alkanes) is 10. The first-order valence-corrected chi connectivity index (χ1v) is 20.9. The van der Waals surface area contributed by atoms with Crippen molar-refractivity contribution in [2.24, 2.45) is 0 Å². The second kappa shape index (κ2) is 41.8. The molecule has 0 radical (unpaired) electrons. The number of hydrogen-bond donors (Lipinski definition) is 0. The quantitative estimate of drug-likeness (QED) is 0.0211. The molecule has 1 unspecified atom stereocenters. The number of allylic oxidation sites excluding steroid dienone is 16. The Balaban J connectivity index is 4.50. The molecule has 0 amide bonds. The average molecular weight is 747 g/mol. The van der Waals surface area contributed by atoms with Crippen LogP contribution in [0.1, 0.15) is 156 Å². The Kier molecular flexibility index (Phi) is 38.8. The van der Waals surface area contributed by atoms with Gasteiger partial charge in [-0.1, -0.05) is 175 Å². The van der Waals surface area contributed by atoms with Crippen LogP contribution in [0.2, 0.25) is 0 Å². The van der Waals surface area contributed by atoms with E-state index in [0.717, 1.165) is 83.5 Å². The molecule has 0 aliphatic heterocycles. The molecule has 0 aromatic carbocycles. The third-order valence-corrected chi connectivity index (χ3v) is 8.12. The molecule has 0 heterocycles. The predicted molar refractivity (Wildman–Crippen MR) is 228 cm³/mol. The van der Waals surface area contributed by atoms with Crippen molar-refractivity contribution in [1.82, 2.24) is 0 Å². The summed E-state index contributed by atoms with van der Waals surface area (Å²) < 4.78 is 16.4. The molecule has 54 heavy (non-hydrogen) atoms. The van der Waals surface area contributed by atoms with E-state index in [1.165, 1.54) is 32.1 Å². The Bertz CT molecular complexity index is 1180. The topological polar surface area (TPSA) is 78.9 Å². The van der Waals surface area contributed by atoms with Crippen LogP contribution in [-0.4, -0.2) is 37.2 Å². The Morgan fingerprint density at radius 1 is 0.426 bits per heavy atom. The van der Waals surface area contributed by atoms with Crippen molar-refractivity contribution in [1.29, 1.82) is 0 Å². The van der Waals surface area contributed by atoms with Crippen molar-refractivity contribution < 1.29 is 28.6 Å². The first kappa shape index (κ1) is 50.1. The van der Waals surface area contributed by atoms with Gasteiger partial charge in [0.1, 0.15) is 13.2 Å². The van der Waals surface area contributed by atoms with Gasteiger partial charge < -0.3 is 14.2 Å². The van der Waals surface area contributed by atoms with Gasteiger partial charge in [-0.2, -0.15) is 0 Å². The number of hydrogen-bond acceptors (Lipinski definition) is 6. The average Bonchev–Trinajstić information content (AvgIpc) is 3.17. The zero-order valence-corrected chi connectivity index (χ0v) is 34.2. The molecule has 0 aliphatic carbocycles. The lowest BCUT2D eigenvalue weighted by atomic mass is 10.1. The van der Waals surface area contributed by atoms with E-state index in [1.807, 2.05) is 18.2 Å². The molecular weight excluding hydrogens is 673 g/mol. The SMILES string of the molecule is CC/C=C\C/C=C\C/C=C\CC(=O)OCC(COC(=O)CCCCCCC\C=C/C=C\C=C/CCCCCCC)OC(=O)C/C=C\C/C=C\C/C=C\CC. The smallest absolute Gasteiger partial charge is 0.310 e. The van der Waals surface area contributed by atoms with E-state index < -0.39 is 18.0 Å². The lowest BCUT2D eigenvalue weighted by molar-refractivity contribution is -0.166. The van der Waals surface area contributed by atoms with Crippen LogP contribution in [0.3, 0.4) is 0 Å². The maximum atomic E-state index is 12.5. The third-order valence-electron chi connectivity index (χ3n) is 8.12. The van der Waals surface area contributed by atoms with Crippen LogP contribution in [0.15, 0.2) is 109 Å². The fourth-order valence-corrected chi connectivity index (χ4v) is 5.04. The molecule has 6 nitrogen and oxygen atoms in total. The summed E-state index contributed by atoms with van der Waals surface area (Å²) in [7, 11) is 0. The number of carbonyl (C=O) groups excluding carboxylic acids is 3. The van der Waals surface area contributed by atoms with Crippen molar-refractivity contribution >= 4 is 17.9 Å². The molecule has 0 aromatic heterocycles. The third kappa shape index (κ3) is 39.3. The minimum atomic E-state index is -0.869. The molecule has 0 N–H and O–H groups in total. The van der Waals surface area contributed by atoms with Crippen molar-refractivity contribution in [2.45, 2.75) is 162 Å². The van der Waals surface area contributed by atoms with Crippen molar-refractivity contribution in [2.75, 3.05) is 13.2 Å². The van der Waals surface area contributed by atoms with Gasteiger partial charge in [-0.3, -0.25) is 14.4 Å². The number of carbonyl (C=O) groups is 3. The van der Waals surface area contributed by atoms with Crippen molar-refractivity contribution in [3.8, 4) is 0 Å². The molecule has 6 heteroatoms. The molecule has 0 saturated heterocycles. The molecule has 1 atom stereocenters. The maximum absolute atomic E-state index is 12.5. The summed E-state index contributed by atoms with van der Waals surface area (Å²) in [5, 5.41) is 0. The highest BCUT2D eigenvalue weighted by Crippen LogP contribution is 2.10. The summed E-state index contributed by atoms with van der Waals surface area (Å²) in [6.07, 6.45) is 55.7. The molecular formula is C48H74O6. The van der Waals surface area contributed by atoms with Crippen molar-refractivity contribution in [3.05, 3.63) is 109 Å². The largest absolute Gasteiger partial charge is 0.462 e. The standard InChI is InChI=1S/C48H74O6/c1-4-7-10-13-16-19-20-21-22-23-24-25-26-27-30-32-35-38-41-47(50)53-44-45(54-48(51)42-39-36-33-29-18-15-12-9-6-3)43-52-46(49)40-37-34-31-28-17-14-11-8-5-2/h8-9,11-12,17-18,20-25,28-29,34,36-37,39,45H,4-7,10,13-16,19,26-27,30-33,35,38,40-44H2,1-3H3/b11-8-,12-9-,21-20-,23-22-,25-24-,28-17-,29-18-,37-34-,39-36-. The lowest BCUT2D eigenvalue weighted by Crippen LogP contribution is -2.30. The van der Waals surface area contributed by atoms with Crippen LogP contribution >= 0.6 is 0 Å². The van der Waals surface area contributed by atoms with Gasteiger partial charge in [-0.05, 0) is 70.6 Å². The minimum absolute atomic E-state index is 0.0790. The number of rotatable bonds is 35. The summed E-state index contributed by atoms with van der Waals surface area (Å²) in [6.45, 7) is 6.13. The molecule has 0 aliphatic rings. The van der Waals surface area contributed by atoms with Gasteiger partial charge >= 0.3 is 17.9 Å². The zero-order valence-electron chi connectivity index (χ0n) is 34.2. The van der Waals surface area contributed by atoms with E-state index in [-0.39, 0.29) is 32.0 Å². The molecule has 0 aromatic rings. The Labute approximate surface area is 330 Å². The lowest BCUT2D eigenvalue weighted by Gasteiger charge is -2.17.